The summed E-state index contributed by atoms with van der Waals surface area (Å²) in [5.74, 6) is -7.71. The first-order valence-corrected chi connectivity index (χ1v) is 23.6. The lowest BCUT2D eigenvalue weighted by Gasteiger charge is -2.31. The number of nitrogens with zero attached hydrogens (tertiary/aromatic N) is 1. The number of carbonyl (C=O) groups is 9. The molecule has 0 aromatic heterocycles. The number of rotatable bonds is 26. The predicted molar refractivity (Wildman–Crippen MR) is 259 cm³/mol. The van der Waals surface area contributed by atoms with E-state index in [-0.39, 0.29) is 68.9 Å². The molecule has 0 saturated carbocycles. The summed E-state index contributed by atoms with van der Waals surface area (Å²) in [6.45, 7) is 6.63. The fourth-order valence-corrected chi connectivity index (χ4v) is 7.94. The molecule has 0 aliphatic carbocycles. The average molecular weight is 986 g/mol. The Labute approximate surface area is 412 Å². The lowest BCUT2D eigenvalue weighted by molar-refractivity contribution is -0.142. The van der Waals surface area contributed by atoms with Crippen molar-refractivity contribution >= 4 is 53.2 Å². The lowest BCUT2D eigenvalue weighted by Crippen LogP contribution is -2.59. The van der Waals surface area contributed by atoms with E-state index in [1.54, 1.807) is 58.0 Å². The summed E-state index contributed by atoms with van der Waals surface area (Å²) in [4.78, 5) is 121. The molecule has 0 bridgehead atoms. The van der Waals surface area contributed by atoms with Gasteiger partial charge in [0.2, 0.25) is 47.3 Å². The standard InChI is InChI=1S/C50H67N9O12/c1-28(2)23-36(54-42(63)27-53-48(68)40-11-8-22-59(40)49(69)43(29(3)4)58-44(64)35(51)20-21-41(52)62)45(65)55-37(24-31-12-16-33(60)17-13-31)46(66)56-38(25-32-14-18-34(61)19-15-32)47(67)57-39(50(70)71)26-30-9-6-5-7-10-30/h5-7,9-10,12-19,28-29,35-40,43,60-61H,8,11,20-27,51H2,1-4H3,(H2,52,62)(H,53,68)(H,54,63)(H,55,65)(H,56,66)(H,57,67)(H,58,64)(H,70,71)/t35-,36-,37-,38-,39-,40-,43-/m0/s1. The molecule has 1 saturated heterocycles. The van der Waals surface area contributed by atoms with Gasteiger partial charge in [-0.25, -0.2) is 4.79 Å². The second-order valence-corrected chi connectivity index (χ2v) is 18.5. The number of carboxylic acid groups (broad SMARTS) is 1. The minimum absolute atomic E-state index is 0.0238. The number of nitrogens with one attached hydrogen (secondary N) is 6. The van der Waals surface area contributed by atoms with Crippen molar-refractivity contribution in [2.45, 2.75) is 121 Å². The van der Waals surface area contributed by atoms with Crippen LogP contribution in [0.1, 0.15) is 76.5 Å². The SMILES string of the molecule is CC(C)C[C@H](NC(=O)CNC(=O)[C@@H]1CCCN1C(=O)[C@@H](NC(=O)[C@@H](N)CCC(N)=O)C(C)C)C(=O)N[C@@H](Cc1ccc(O)cc1)C(=O)N[C@@H](Cc1ccc(O)cc1)C(=O)N[C@@H](Cc1ccccc1)C(=O)O. The van der Waals surface area contributed by atoms with E-state index in [0.29, 0.717) is 23.1 Å². The zero-order chi connectivity index (χ0) is 52.4. The van der Waals surface area contributed by atoms with E-state index in [0.717, 1.165) is 0 Å². The van der Waals surface area contributed by atoms with Crippen molar-refractivity contribution in [1.29, 1.82) is 0 Å². The molecule has 1 aliphatic heterocycles. The second kappa shape index (κ2) is 27.0. The summed E-state index contributed by atoms with van der Waals surface area (Å²) >= 11 is 0. The van der Waals surface area contributed by atoms with Gasteiger partial charge in [-0.05, 0) is 78.5 Å². The molecule has 3 aromatic rings. The van der Waals surface area contributed by atoms with E-state index in [4.69, 9.17) is 11.5 Å². The fraction of sp³-hybridized carbons (Fsp3) is 0.460. The molecule has 0 unspecified atom stereocenters. The number of benzene rings is 3. The Morgan fingerprint density at radius 1 is 0.648 bits per heavy atom. The normalized spacial score (nSPS) is 15.8. The van der Waals surface area contributed by atoms with Gasteiger partial charge in [0.15, 0.2) is 0 Å². The fourth-order valence-electron chi connectivity index (χ4n) is 7.94. The average Bonchev–Trinajstić information content (AvgIpc) is 3.82. The number of aliphatic carboxylic acids is 1. The number of carbonyl (C=O) groups excluding carboxylic acids is 8. The highest BCUT2D eigenvalue weighted by atomic mass is 16.4. The minimum atomic E-state index is -1.40. The number of phenolic OH excluding ortho intramolecular Hbond substituents is 2. The van der Waals surface area contributed by atoms with Crippen molar-refractivity contribution in [3.8, 4) is 11.5 Å². The smallest absolute Gasteiger partial charge is 0.326 e. The molecule has 13 N–H and O–H groups in total. The van der Waals surface area contributed by atoms with Crippen LogP contribution in [0, 0.1) is 11.8 Å². The maximum Gasteiger partial charge on any atom is 0.326 e. The third-order valence-electron chi connectivity index (χ3n) is 11.8. The maximum absolute atomic E-state index is 14.4. The Kier molecular flexibility index (Phi) is 21.3. The molecule has 8 amide bonds. The molecule has 71 heavy (non-hydrogen) atoms. The van der Waals surface area contributed by atoms with Crippen LogP contribution < -0.4 is 43.4 Å². The molecule has 0 spiro atoms. The first kappa shape index (κ1) is 56.0. The van der Waals surface area contributed by atoms with Gasteiger partial charge < -0.3 is 63.6 Å². The first-order chi connectivity index (χ1) is 33.6. The predicted octanol–water partition coefficient (Wildman–Crippen LogP) is 0.0364. The highest BCUT2D eigenvalue weighted by molar-refractivity contribution is 5.97. The Morgan fingerprint density at radius 2 is 1.14 bits per heavy atom. The third-order valence-corrected chi connectivity index (χ3v) is 11.8. The summed E-state index contributed by atoms with van der Waals surface area (Å²) in [6.07, 6.45) is 0.293. The van der Waals surface area contributed by atoms with Crippen LogP contribution in [-0.4, -0.2) is 129 Å². The van der Waals surface area contributed by atoms with Gasteiger partial charge in [-0.3, -0.25) is 38.4 Å². The number of hydrogen-bond donors (Lipinski definition) is 11. The number of phenols is 2. The summed E-state index contributed by atoms with van der Waals surface area (Å²) in [5, 5.41) is 45.6. The number of amides is 8. The number of nitrogens with two attached hydrogens (primary N) is 2. The summed E-state index contributed by atoms with van der Waals surface area (Å²) in [7, 11) is 0. The largest absolute Gasteiger partial charge is 0.508 e. The molecular formula is C50H67N9O12. The monoisotopic (exact) mass is 985 g/mol. The van der Waals surface area contributed by atoms with E-state index in [1.807, 2.05) is 0 Å². The van der Waals surface area contributed by atoms with Crippen LogP contribution in [-0.2, 0) is 62.4 Å². The molecule has 4 rings (SSSR count). The van der Waals surface area contributed by atoms with Crippen molar-refractivity contribution in [3.63, 3.8) is 0 Å². The Hall–Kier alpha value is -7.55. The van der Waals surface area contributed by atoms with E-state index in [9.17, 15) is 58.5 Å². The molecule has 384 valence electrons. The molecule has 0 radical (unpaired) electrons. The Morgan fingerprint density at radius 3 is 1.63 bits per heavy atom. The maximum atomic E-state index is 14.4. The molecule has 7 atom stereocenters. The van der Waals surface area contributed by atoms with Gasteiger partial charge in [0.05, 0.1) is 12.6 Å². The molecule has 1 fully saturated rings. The molecule has 21 heteroatoms. The van der Waals surface area contributed by atoms with Gasteiger partial charge in [-0.2, -0.15) is 0 Å². The van der Waals surface area contributed by atoms with Crippen molar-refractivity contribution < 1.29 is 58.5 Å². The van der Waals surface area contributed by atoms with E-state index in [1.165, 1.54) is 53.4 Å². The van der Waals surface area contributed by atoms with Crippen molar-refractivity contribution in [1.82, 2.24) is 36.8 Å². The summed E-state index contributed by atoms with van der Waals surface area (Å²) < 4.78 is 0. The molecule has 1 aliphatic rings. The number of likely N-dealkylation sites (tertiary alicyclic amines) is 1. The van der Waals surface area contributed by atoms with Crippen molar-refractivity contribution in [3.05, 3.63) is 95.6 Å². The van der Waals surface area contributed by atoms with E-state index < -0.39 is 108 Å². The molecule has 3 aromatic carbocycles. The zero-order valence-electron chi connectivity index (χ0n) is 40.4. The zero-order valence-corrected chi connectivity index (χ0v) is 40.4. The minimum Gasteiger partial charge on any atom is -0.508 e. The van der Waals surface area contributed by atoms with Crippen LogP contribution in [0.3, 0.4) is 0 Å². The van der Waals surface area contributed by atoms with E-state index in [2.05, 4.69) is 31.9 Å². The quantitative estimate of drug-likeness (QED) is 0.0507. The highest BCUT2D eigenvalue weighted by Crippen LogP contribution is 2.21. The Bertz CT molecular complexity index is 2330. The number of hydrogen-bond acceptors (Lipinski definition) is 12. The van der Waals surface area contributed by atoms with Crippen LogP contribution in [0.2, 0.25) is 0 Å². The highest BCUT2D eigenvalue weighted by Gasteiger charge is 2.39. The van der Waals surface area contributed by atoms with Gasteiger partial charge in [-0.1, -0.05) is 82.3 Å². The second-order valence-electron chi connectivity index (χ2n) is 18.5. The number of aromatic hydroxyl groups is 2. The van der Waals surface area contributed by atoms with Gasteiger partial charge in [0.1, 0.15) is 47.8 Å². The van der Waals surface area contributed by atoms with Crippen LogP contribution in [0.5, 0.6) is 11.5 Å². The van der Waals surface area contributed by atoms with Crippen LogP contribution in [0.4, 0.5) is 0 Å². The van der Waals surface area contributed by atoms with Gasteiger partial charge in [0.25, 0.3) is 0 Å². The molecule has 21 nitrogen and oxygen atoms in total. The van der Waals surface area contributed by atoms with Crippen LogP contribution >= 0.6 is 0 Å². The summed E-state index contributed by atoms with van der Waals surface area (Å²) in [5.41, 5.74) is 12.7. The molecule has 1 heterocycles. The van der Waals surface area contributed by atoms with Crippen LogP contribution in [0.15, 0.2) is 78.9 Å². The molecular weight excluding hydrogens is 919 g/mol. The summed E-state index contributed by atoms with van der Waals surface area (Å²) in [6, 6.07) is 11.7. The number of carboxylic acids is 1. The first-order valence-electron chi connectivity index (χ1n) is 23.6. The van der Waals surface area contributed by atoms with Gasteiger partial charge in [-0.15, -0.1) is 0 Å². The topological polar surface area (TPSA) is 342 Å². The third kappa shape index (κ3) is 18.0. The Balaban J connectivity index is 1.50. The van der Waals surface area contributed by atoms with E-state index >= 15 is 0 Å². The van der Waals surface area contributed by atoms with Gasteiger partial charge >= 0.3 is 5.97 Å². The lowest BCUT2D eigenvalue weighted by atomic mass is 9.99. The van der Waals surface area contributed by atoms with Crippen LogP contribution in [0.25, 0.3) is 0 Å². The number of primary amides is 1. The van der Waals surface area contributed by atoms with Gasteiger partial charge in [0, 0.05) is 32.2 Å². The van der Waals surface area contributed by atoms with Crippen molar-refractivity contribution in [2.75, 3.05) is 13.1 Å². The van der Waals surface area contributed by atoms with Crippen molar-refractivity contribution in [2.24, 2.45) is 23.3 Å².